The Morgan fingerprint density at radius 1 is 0.525 bits per heavy atom. The maximum Gasteiger partial charge on any atom is 0.119 e. The van der Waals surface area contributed by atoms with Gasteiger partial charge in [-0.15, -0.1) is 0 Å². The molecule has 7 rings (SSSR count). The van der Waals surface area contributed by atoms with E-state index in [1.807, 2.05) is 72.8 Å². The molecule has 0 aromatic heterocycles. The van der Waals surface area contributed by atoms with E-state index in [1.54, 1.807) is 37.7 Å². The average molecular weight is 561 g/mol. The first-order chi connectivity index (χ1) is 19.7. The van der Waals surface area contributed by atoms with E-state index in [0.717, 1.165) is 75.9 Å². The van der Waals surface area contributed by atoms with Gasteiger partial charge in [0, 0.05) is 21.2 Å². The molecule has 5 aromatic carbocycles. The van der Waals surface area contributed by atoms with Crippen LogP contribution in [0.5, 0.6) is 11.5 Å². The molecule has 0 unspecified atom stereocenters. The summed E-state index contributed by atoms with van der Waals surface area (Å²) in [5.41, 5.74) is 5.65. The molecule has 0 spiro atoms. The van der Waals surface area contributed by atoms with Crippen LogP contribution in [0.2, 0.25) is 0 Å². The number of ether oxygens (including phenoxy) is 2. The van der Waals surface area contributed by atoms with Gasteiger partial charge >= 0.3 is 0 Å². The molecule has 0 bridgehead atoms. The number of rotatable bonds is 6. The van der Waals surface area contributed by atoms with E-state index in [4.69, 9.17) is 19.5 Å². The number of methoxy groups -OCH3 is 2. The zero-order chi connectivity index (χ0) is 27.1. The minimum atomic E-state index is 0.807. The van der Waals surface area contributed by atoms with Gasteiger partial charge in [-0.2, -0.15) is 0 Å². The molecule has 0 fully saturated rings. The molecule has 2 N–H and O–H groups in total. The lowest BCUT2D eigenvalue weighted by molar-refractivity contribution is 0.415. The number of hydrogen-bond acceptors (Lipinski definition) is 8. The first kappa shape index (κ1) is 24.6. The Morgan fingerprint density at radius 2 is 0.925 bits per heavy atom. The molecule has 0 atom stereocenters. The van der Waals surface area contributed by atoms with Crippen LogP contribution >= 0.6 is 23.5 Å². The van der Waals surface area contributed by atoms with Crippen LogP contribution in [0, 0.1) is 0 Å². The van der Waals surface area contributed by atoms with Gasteiger partial charge < -0.3 is 20.1 Å². The second kappa shape index (κ2) is 10.3. The zero-order valence-corrected chi connectivity index (χ0v) is 23.4. The molecule has 0 radical (unpaired) electrons. The number of anilines is 4. The molecular formula is C32H24N4O2S2. The highest BCUT2D eigenvalue weighted by Crippen LogP contribution is 2.46. The monoisotopic (exact) mass is 560 g/mol. The third kappa shape index (κ3) is 4.45. The maximum atomic E-state index is 5.38. The van der Waals surface area contributed by atoms with Crippen molar-refractivity contribution in [2.75, 3.05) is 24.9 Å². The van der Waals surface area contributed by atoms with Crippen molar-refractivity contribution in [3.05, 3.63) is 108 Å². The van der Waals surface area contributed by atoms with Crippen LogP contribution in [0.3, 0.4) is 0 Å². The van der Waals surface area contributed by atoms with Crippen molar-refractivity contribution in [2.24, 2.45) is 9.98 Å². The topological polar surface area (TPSA) is 67.2 Å². The van der Waals surface area contributed by atoms with Gasteiger partial charge in [0.1, 0.15) is 22.2 Å². The zero-order valence-electron chi connectivity index (χ0n) is 21.8. The Kier molecular flexibility index (Phi) is 6.34. The van der Waals surface area contributed by atoms with Crippen molar-refractivity contribution in [1.29, 1.82) is 0 Å². The van der Waals surface area contributed by atoms with E-state index in [1.165, 1.54) is 0 Å². The lowest BCUT2D eigenvalue weighted by Crippen LogP contribution is -2.26. The molecule has 2 aliphatic heterocycles. The minimum Gasteiger partial charge on any atom is -0.497 e. The molecule has 8 heteroatoms. The molecule has 0 saturated carbocycles. The lowest BCUT2D eigenvalue weighted by atomic mass is 10.2. The summed E-state index contributed by atoms with van der Waals surface area (Å²) in [4.78, 5) is 14.7. The fraction of sp³-hybridized carbons (Fsp3) is 0.0625. The van der Waals surface area contributed by atoms with E-state index in [-0.39, 0.29) is 0 Å². The number of nitrogens with zero attached hydrogens (tertiary/aromatic N) is 2. The van der Waals surface area contributed by atoms with E-state index in [0.29, 0.717) is 0 Å². The van der Waals surface area contributed by atoms with Gasteiger partial charge in [0.05, 0.1) is 46.8 Å². The van der Waals surface area contributed by atoms with E-state index < -0.39 is 0 Å². The van der Waals surface area contributed by atoms with Crippen LogP contribution in [0.4, 0.5) is 34.1 Å². The predicted molar refractivity (Wildman–Crippen MR) is 162 cm³/mol. The van der Waals surface area contributed by atoms with Gasteiger partial charge in [-0.3, -0.25) is 0 Å². The molecule has 2 aliphatic rings. The highest BCUT2D eigenvalue weighted by atomic mass is 32.2. The quantitative estimate of drug-likeness (QED) is 0.201. The second-order valence-corrected chi connectivity index (χ2v) is 11.3. The molecule has 2 heterocycles. The fourth-order valence-corrected chi connectivity index (χ4v) is 6.85. The molecule has 0 amide bonds. The van der Waals surface area contributed by atoms with Crippen LogP contribution in [0.1, 0.15) is 0 Å². The van der Waals surface area contributed by atoms with Gasteiger partial charge in [0.25, 0.3) is 0 Å². The smallest absolute Gasteiger partial charge is 0.119 e. The van der Waals surface area contributed by atoms with Gasteiger partial charge in [-0.25, -0.2) is 9.98 Å². The van der Waals surface area contributed by atoms with Crippen LogP contribution in [0.15, 0.2) is 127 Å². The van der Waals surface area contributed by atoms with Crippen LogP contribution in [0.25, 0.3) is 0 Å². The standard InChI is InChI=1S/C32H24N4O2S2/c1-37-21-15-11-19(12-16-21)33-27-29-32(40-26-10-6-3-7-23(26)35-29)28(34-20-13-17-22(38-2)18-14-20)30-31(27)39-25-9-5-4-8-24(25)36-30/h3-18,33-34H,1-2H3. The summed E-state index contributed by atoms with van der Waals surface area (Å²) in [6, 6.07) is 32.4. The Hall–Kier alpha value is -4.40. The van der Waals surface area contributed by atoms with Crippen LogP contribution in [-0.4, -0.2) is 14.2 Å². The third-order valence-corrected chi connectivity index (χ3v) is 9.03. The van der Waals surface area contributed by atoms with E-state index >= 15 is 0 Å². The highest BCUT2D eigenvalue weighted by molar-refractivity contribution is 8.00. The number of nitrogens with one attached hydrogen (secondary N) is 2. The summed E-state index contributed by atoms with van der Waals surface area (Å²) in [7, 11) is 3.35. The van der Waals surface area contributed by atoms with Crippen LogP contribution in [-0.2, 0) is 0 Å². The summed E-state index contributed by atoms with van der Waals surface area (Å²) in [5, 5.41) is 9.15. The second-order valence-electron chi connectivity index (χ2n) is 9.18. The Balaban J connectivity index is 1.50. The van der Waals surface area contributed by atoms with Crippen molar-refractivity contribution in [1.82, 2.24) is 0 Å². The number of hydrogen-bond donors (Lipinski definition) is 2. The minimum absolute atomic E-state index is 0.807. The first-order valence-electron chi connectivity index (χ1n) is 12.7. The van der Waals surface area contributed by atoms with E-state index in [9.17, 15) is 0 Å². The number of fused-ring (bicyclic) bond motifs is 4. The van der Waals surface area contributed by atoms with Crippen LogP contribution < -0.4 is 30.8 Å². The fourth-order valence-electron chi connectivity index (χ4n) is 4.69. The molecule has 0 aliphatic carbocycles. The van der Waals surface area contributed by atoms with E-state index in [2.05, 4.69) is 34.9 Å². The molecule has 0 saturated heterocycles. The van der Waals surface area contributed by atoms with Crippen molar-refractivity contribution >= 4 is 57.6 Å². The summed E-state index contributed by atoms with van der Waals surface area (Å²) < 4.78 is 10.8. The first-order valence-corrected chi connectivity index (χ1v) is 14.4. The Labute approximate surface area is 240 Å². The molecule has 196 valence electrons. The number of para-hydroxylation sites is 2. The van der Waals surface area contributed by atoms with Crippen molar-refractivity contribution in [3.63, 3.8) is 0 Å². The van der Waals surface area contributed by atoms with Crippen molar-refractivity contribution < 1.29 is 9.47 Å². The highest BCUT2D eigenvalue weighted by Gasteiger charge is 2.27. The van der Waals surface area contributed by atoms with Crippen molar-refractivity contribution in [2.45, 2.75) is 19.6 Å². The average Bonchev–Trinajstić information content (AvgIpc) is 3.01. The largest absolute Gasteiger partial charge is 0.497 e. The van der Waals surface area contributed by atoms with Crippen molar-refractivity contribution in [3.8, 4) is 11.5 Å². The Morgan fingerprint density at radius 3 is 1.32 bits per heavy atom. The molecule has 40 heavy (non-hydrogen) atoms. The Bertz CT molecular complexity index is 1740. The summed E-state index contributed by atoms with van der Waals surface area (Å²) in [5.74, 6) is 1.61. The molecule has 6 nitrogen and oxygen atoms in total. The molecule has 5 aromatic rings. The van der Waals surface area contributed by atoms with Gasteiger partial charge in [0.2, 0.25) is 0 Å². The molecular weight excluding hydrogens is 537 g/mol. The van der Waals surface area contributed by atoms with Gasteiger partial charge in [0.15, 0.2) is 0 Å². The normalized spacial score (nSPS) is 12.4. The summed E-state index contributed by atoms with van der Waals surface area (Å²) in [6.07, 6.45) is 0. The predicted octanol–water partition coefficient (Wildman–Crippen LogP) is 8.02. The SMILES string of the molecule is COc1ccc(Nc2c3c(c(Nc4ccc(OC)cc4)c4c2=Nc2ccccc2S4)=Nc2ccccc2S3)cc1. The lowest BCUT2D eigenvalue weighted by Gasteiger charge is -2.24. The number of benzene rings is 5. The van der Waals surface area contributed by atoms with Gasteiger partial charge in [-0.1, -0.05) is 47.8 Å². The summed E-state index contributed by atoms with van der Waals surface area (Å²) >= 11 is 3.42. The summed E-state index contributed by atoms with van der Waals surface area (Å²) in [6.45, 7) is 0. The van der Waals surface area contributed by atoms with Gasteiger partial charge in [-0.05, 0) is 72.8 Å². The third-order valence-electron chi connectivity index (χ3n) is 6.70. The maximum absolute atomic E-state index is 5.38.